The van der Waals surface area contributed by atoms with Gasteiger partial charge in [0.25, 0.3) is 5.92 Å². The maximum atomic E-state index is 13.2. The number of carbonyl (C=O) groups excluding carboxylic acids is 2. The number of pyridine rings is 1. The van der Waals surface area contributed by atoms with Crippen molar-refractivity contribution in [3.05, 3.63) is 23.9 Å². The molecule has 1 saturated heterocycles. The second kappa shape index (κ2) is 5.71. The van der Waals surface area contributed by atoms with Gasteiger partial charge in [0.1, 0.15) is 5.92 Å². The summed E-state index contributed by atoms with van der Waals surface area (Å²) in [6, 6.07) is 5.55. The van der Waals surface area contributed by atoms with Gasteiger partial charge < -0.3 is 4.90 Å². The molecule has 2 amide bonds. The highest BCUT2D eigenvalue weighted by Gasteiger charge is 2.62. The molecule has 5 rings (SSSR count). The van der Waals surface area contributed by atoms with Gasteiger partial charge in [0.15, 0.2) is 5.65 Å². The van der Waals surface area contributed by atoms with E-state index >= 15 is 0 Å². The van der Waals surface area contributed by atoms with Gasteiger partial charge >= 0.3 is 0 Å². The van der Waals surface area contributed by atoms with Crippen LogP contribution in [0, 0.1) is 11.8 Å². The fourth-order valence-corrected chi connectivity index (χ4v) is 3.75. The minimum absolute atomic E-state index is 0.00120. The van der Waals surface area contributed by atoms with Crippen molar-refractivity contribution in [3.63, 3.8) is 0 Å². The first-order valence-corrected chi connectivity index (χ1v) is 9.25. The zero-order valence-electron chi connectivity index (χ0n) is 14.6. The Morgan fingerprint density at radius 1 is 1.22 bits per heavy atom. The van der Waals surface area contributed by atoms with E-state index in [9.17, 15) is 18.4 Å². The maximum absolute atomic E-state index is 13.2. The Morgan fingerprint density at radius 3 is 2.70 bits per heavy atom. The molecule has 2 saturated carbocycles. The second-order valence-corrected chi connectivity index (χ2v) is 7.71. The Morgan fingerprint density at radius 2 is 2.00 bits per heavy atom. The summed E-state index contributed by atoms with van der Waals surface area (Å²) in [5.41, 5.74) is 1.47. The third kappa shape index (κ3) is 2.94. The summed E-state index contributed by atoms with van der Waals surface area (Å²) in [6.07, 6.45) is 2.15. The van der Waals surface area contributed by atoms with Gasteiger partial charge in [0.2, 0.25) is 17.8 Å². The lowest BCUT2D eigenvalue weighted by Crippen LogP contribution is -2.31. The molecule has 27 heavy (non-hydrogen) atoms. The van der Waals surface area contributed by atoms with Gasteiger partial charge in [0.05, 0.1) is 0 Å². The van der Waals surface area contributed by atoms with E-state index in [0.29, 0.717) is 25.2 Å². The summed E-state index contributed by atoms with van der Waals surface area (Å²) in [6.45, 7) is 0.862. The molecule has 1 aliphatic heterocycles. The molecule has 142 valence electrons. The summed E-state index contributed by atoms with van der Waals surface area (Å²) in [4.78, 5) is 30.0. The van der Waals surface area contributed by atoms with Crippen LogP contribution in [0.3, 0.4) is 0 Å². The van der Waals surface area contributed by atoms with Crippen LogP contribution >= 0.6 is 0 Å². The monoisotopic (exact) mass is 375 g/mol. The number of likely N-dealkylation sites (tertiary alicyclic amines) is 1. The van der Waals surface area contributed by atoms with E-state index in [-0.39, 0.29) is 30.1 Å². The molecule has 3 fully saturated rings. The number of nitrogens with one attached hydrogen (secondary N) is 1. The minimum atomic E-state index is -2.84. The van der Waals surface area contributed by atoms with Crippen LogP contribution in [0.15, 0.2) is 18.2 Å². The number of aromatic nitrogens is 3. The van der Waals surface area contributed by atoms with Gasteiger partial charge in [-0.15, -0.1) is 5.10 Å². The van der Waals surface area contributed by atoms with Crippen LogP contribution in [0.1, 0.15) is 37.3 Å². The fraction of sp³-hybridized carbons (Fsp3) is 0.556. The van der Waals surface area contributed by atoms with Crippen molar-refractivity contribution in [2.45, 2.75) is 37.5 Å². The van der Waals surface area contributed by atoms with Crippen molar-refractivity contribution in [1.82, 2.24) is 19.5 Å². The number of halogens is 2. The van der Waals surface area contributed by atoms with E-state index in [2.05, 4.69) is 15.4 Å². The number of carbonyl (C=O) groups is 2. The molecule has 0 bridgehead atoms. The SMILES string of the molecule is O=C(Nc1nc2cccc(C3CCN(C(=O)C4CC4(F)F)C3)n2n1)C1CC1. The lowest BCUT2D eigenvalue weighted by atomic mass is 10.0. The third-order valence-electron chi connectivity index (χ3n) is 5.61. The molecule has 3 aliphatic rings. The number of anilines is 1. The molecule has 0 aromatic carbocycles. The normalized spacial score (nSPS) is 26.4. The van der Waals surface area contributed by atoms with E-state index in [4.69, 9.17) is 0 Å². The number of alkyl halides is 2. The summed E-state index contributed by atoms with van der Waals surface area (Å²) in [5.74, 6) is -4.17. The van der Waals surface area contributed by atoms with Crippen molar-refractivity contribution in [2.24, 2.45) is 11.8 Å². The van der Waals surface area contributed by atoms with Crippen LogP contribution in [-0.2, 0) is 9.59 Å². The lowest BCUT2D eigenvalue weighted by Gasteiger charge is -2.16. The summed E-state index contributed by atoms with van der Waals surface area (Å²) in [5, 5.41) is 7.14. The molecule has 2 aromatic heterocycles. The van der Waals surface area contributed by atoms with Crippen LogP contribution in [0.25, 0.3) is 5.65 Å². The second-order valence-electron chi connectivity index (χ2n) is 7.71. The Hall–Kier alpha value is -2.58. The van der Waals surface area contributed by atoms with E-state index in [1.54, 1.807) is 10.6 Å². The van der Waals surface area contributed by atoms with E-state index in [1.807, 2.05) is 12.1 Å². The van der Waals surface area contributed by atoms with Gasteiger partial charge in [-0.05, 0) is 31.4 Å². The molecule has 9 heteroatoms. The predicted molar refractivity (Wildman–Crippen MR) is 91.3 cm³/mol. The summed E-state index contributed by atoms with van der Waals surface area (Å²) >= 11 is 0. The standard InChI is InChI=1S/C18H19F2N5O2/c19-18(20)8-12(18)16(27)24-7-6-11(9-24)13-2-1-3-14-21-17(23-25(13)14)22-15(26)10-4-5-10/h1-3,10-12H,4-9H2,(H,22,23,26). The Balaban J connectivity index is 1.34. The number of nitrogens with zero attached hydrogens (tertiary/aromatic N) is 4. The Labute approximate surface area is 153 Å². The first-order chi connectivity index (χ1) is 12.9. The van der Waals surface area contributed by atoms with Gasteiger partial charge in [-0.3, -0.25) is 14.9 Å². The molecule has 2 atom stereocenters. The third-order valence-corrected chi connectivity index (χ3v) is 5.61. The molecule has 1 N–H and O–H groups in total. The molecule has 0 spiro atoms. The number of fused-ring (bicyclic) bond motifs is 1. The van der Waals surface area contributed by atoms with Gasteiger partial charge in [-0.1, -0.05) is 6.07 Å². The number of rotatable bonds is 4. The zero-order chi connectivity index (χ0) is 18.8. The van der Waals surface area contributed by atoms with Crippen molar-refractivity contribution in [3.8, 4) is 0 Å². The quantitative estimate of drug-likeness (QED) is 0.887. The highest BCUT2D eigenvalue weighted by Crippen LogP contribution is 2.50. The fourth-order valence-electron chi connectivity index (χ4n) is 3.75. The van der Waals surface area contributed by atoms with Crippen LogP contribution in [0.2, 0.25) is 0 Å². The van der Waals surface area contributed by atoms with E-state index < -0.39 is 17.7 Å². The molecule has 2 aromatic rings. The number of hydrogen-bond acceptors (Lipinski definition) is 4. The van der Waals surface area contributed by atoms with Gasteiger partial charge in [-0.2, -0.15) is 4.98 Å². The minimum Gasteiger partial charge on any atom is -0.342 e. The van der Waals surface area contributed by atoms with Crippen molar-refractivity contribution < 1.29 is 18.4 Å². The number of amides is 2. The van der Waals surface area contributed by atoms with Gasteiger partial charge in [0, 0.05) is 37.0 Å². The van der Waals surface area contributed by atoms with E-state index in [0.717, 1.165) is 18.5 Å². The summed E-state index contributed by atoms with van der Waals surface area (Å²) < 4.78 is 28.1. The maximum Gasteiger partial charge on any atom is 0.260 e. The van der Waals surface area contributed by atoms with Crippen molar-refractivity contribution in [1.29, 1.82) is 0 Å². The smallest absolute Gasteiger partial charge is 0.260 e. The topological polar surface area (TPSA) is 79.6 Å². The van der Waals surface area contributed by atoms with Crippen molar-refractivity contribution >= 4 is 23.4 Å². The van der Waals surface area contributed by atoms with Crippen molar-refractivity contribution in [2.75, 3.05) is 18.4 Å². The first kappa shape index (κ1) is 16.6. The Bertz CT molecular complexity index is 939. The highest BCUT2D eigenvalue weighted by molar-refractivity contribution is 5.92. The lowest BCUT2D eigenvalue weighted by molar-refractivity contribution is -0.133. The molecule has 2 aliphatic carbocycles. The zero-order valence-corrected chi connectivity index (χ0v) is 14.6. The number of hydrogen-bond donors (Lipinski definition) is 1. The molecular formula is C18H19F2N5O2. The summed E-state index contributed by atoms with van der Waals surface area (Å²) in [7, 11) is 0. The molecule has 0 radical (unpaired) electrons. The molecule has 7 nitrogen and oxygen atoms in total. The highest BCUT2D eigenvalue weighted by atomic mass is 19.3. The Kier molecular flexibility index (Phi) is 3.50. The first-order valence-electron chi connectivity index (χ1n) is 9.25. The largest absolute Gasteiger partial charge is 0.342 e. The predicted octanol–water partition coefficient (Wildman–Crippen LogP) is 2.05. The molecule has 2 unspecified atom stereocenters. The van der Waals surface area contributed by atoms with Crippen LogP contribution < -0.4 is 5.32 Å². The van der Waals surface area contributed by atoms with Gasteiger partial charge in [-0.25, -0.2) is 13.3 Å². The van der Waals surface area contributed by atoms with Crippen LogP contribution in [-0.4, -0.2) is 50.3 Å². The van der Waals surface area contributed by atoms with Crippen LogP contribution in [0.4, 0.5) is 14.7 Å². The van der Waals surface area contributed by atoms with Crippen LogP contribution in [0.5, 0.6) is 0 Å². The average Bonchev–Trinajstić information content (AvgIpc) is 3.47. The average molecular weight is 375 g/mol. The molecule has 3 heterocycles. The van der Waals surface area contributed by atoms with E-state index in [1.165, 1.54) is 4.90 Å². The molecular weight excluding hydrogens is 356 g/mol.